The van der Waals surface area contributed by atoms with E-state index < -0.39 is 10.1 Å². The van der Waals surface area contributed by atoms with E-state index in [-0.39, 0.29) is 10.8 Å². The summed E-state index contributed by atoms with van der Waals surface area (Å²) in [5.41, 5.74) is 3.58. The summed E-state index contributed by atoms with van der Waals surface area (Å²) in [4.78, 5) is 16.5. The molecule has 9 heteroatoms. The van der Waals surface area contributed by atoms with Gasteiger partial charge in [0.2, 0.25) is 0 Å². The predicted octanol–water partition coefficient (Wildman–Crippen LogP) is 5.60. The van der Waals surface area contributed by atoms with E-state index in [1.807, 2.05) is 26.1 Å². The van der Waals surface area contributed by atoms with E-state index in [4.69, 9.17) is 0 Å². The number of nitrogens with zero attached hydrogens (tertiary/aromatic N) is 3. The number of carbonyl (C=O) groups is 1. The Morgan fingerprint density at radius 3 is 2.49 bits per heavy atom. The van der Waals surface area contributed by atoms with Gasteiger partial charge in [0.1, 0.15) is 0 Å². The van der Waals surface area contributed by atoms with Crippen LogP contribution < -0.4 is 9.91 Å². The molecule has 0 aliphatic carbocycles. The van der Waals surface area contributed by atoms with Gasteiger partial charge in [0.25, 0.3) is 16.0 Å². The Morgan fingerprint density at radius 2 is 1.80 bits per heavy atom. The molecule has 0 unspecified atom stereocenters. The van der Waals surface area contributed by atoms with Crippen LogP contribution in [0.25, 0.3) is 10.8 Å². The molecule has 1 N–H and O–H groups in total. The molecule has 3 aromatic rings. The molecule has 3 aromatic carbocycles. The molecule has 0 saturated carbocycles. The number of thioether (sulfide) groups is 1. The van der Waals surface area contributed by atoms with Gasteiger partial charge in [0.05, 0.1) is 32.6 Å². The summed E-state index contributed by atoms with van der Waals surface area (Å²) in [7, 11) is -2.28. The van der Waals surface area contributed by atoms with Crippen LogP contribution in [0.4, 0.5) is 11.4 Å². The van der Waals surface area contributed by atoms with Gasteiger partial charge in [-0.25, -0.2) is 0 Å². The Morgan fingerprint density at radius 1 is 1.09 bits per heavy atom. The minimum Gasteiger partial charge on any atom is -0.338 e. The number of hydrogen-bond acceptors (Lipinski definition) is 6. The Labute approximate surface area is 208 Å². The van der Waals surface area contributed by atoms with Crippen molar-refractivity contribution in [1.29, 1.82) is 0 Å². The number of carbonyl (C=O) groups excluding carboxylic acids is 1. The molecule has 1 amide bonds. The molecule has 0 fully saturated rings. The van der Waals surface area contributed by atoms with E-state index in [1.54, 1.807) is 18.7 Å². The topological polar surface area (TPSA) is 90.3 Å². The first-order chi connectivity index (χ1) is 16.7. The maximum Gasteiger partial charge on any atom is 0.294 e. The zero-order valence-electron chi connectivity index (χ0n) is 19.4. The fourth-order valence-corrected chi connectivity index (χ4v) is 6.01. The number of fused-ring (bicyclic) bond motifs is 3. The molecular formula is C26H23N3O4S2. The molecule has 0 radical (unpaired) electrons. The Bertz CT molecular complexity index is 1570. The van der Waals surface area contributed by atoms with Crippen molar-refractivity contribution in [3.8, 4) is 0 Å². The lowest BCUT2D eigenvalue weighted by Gasteiger charge is -2.17. The highest BCUT2D eigenvalue weighted by Crippen LogP contribution is 2.49. The van der Waals surface area contributed by atoms with Gasteiger partial charge in [0, 0.05) is 17.3 Å². The molecule has 2 aliphatic heterocycles. The molecule has 7 nitrogen and oxygen atoms in total. The number of allylic oxidation sites excluding steroid dienone is 2. The molecule has 2 aliphatic rings. The second-order valence-electron chi connectivity index (χ2n) is 8.30. The zero-order chi connectivity index (χ0) is 24.9. The zero-order valence-corrected chi connectivity index (χ0v) is 21.0. The van der Waals surface area contributed by atoms with E-state index in [0.717, 1.165) is 16.3 Å². The van der Waals surface area contributed by atoms with Crippen LogP contribution in [0.3, 0.4) is 0 Å². The molecule has 0 atom stereocenters. The highest BCUT2D eigenvalue weighted by Gasteiger charge is 2.32. The number of amides is 1. The largest absolute Gasteiger partial charge is 0.338 e. The maximum atomic E-state index is 13.4. The second kappa shape index (κ2) is 8.67. The van der Waals surface area contributed by atoms with E-state index in [1.165, 1.54) is 44.9 Å². The predicted molar refractivity (Wildman–Crippen MR) is 140 cm³/mol. The smallest absolute Gasteiger partial charge is 0.294 e. The minimum absolute atomic E-state index is 0.239. The summed E-state index contributed by atoms with van der Waals surface area (Å²) in [6.07, 6.45) is 2.69. The Balaban J connectivity index is 1.50. The van der Waals surface area contributed by atoms with Gasteiger partial charge in [-0.1, -0.05) is 49.0 Å². The molecule has 178 valence electrons. The third kappa shape index (κ3) is 4.05. The van der Waals surface area contributed by atoms with Crippen LogP contribution in [0.15, 0.2) is 97.8 Å². The van der Waals surface area contributed by atoms with Crippen molar-refractivity contribution in [1.82, 2.24) is 0 Å². The van der Waals surface area contributed by atoms with E-state index in [0.29, 0.717) is 23.4 Å². The SMILES string of the molecule is CCC(/C=C1\Sc2ccc3ccccc3c2N1C)=C1\C(=O)N(c2ccc(S(=O)(=O)O)cc2)N=C1C. The first-order valence-electron chi connectivity index (χ1n) is 11.0. The molecule has 5 rings (SSSR count). The quantitative estimate of drug-likeness (QED) is 0.367. The van der Waals surface area contributed by atoms with Gasteiger partial charge in [0.15, 0.2) is 0 Å². The van der Waals surface area contributed by atoms with Crippen molar-refractivity contribution in [2.45, 2.75) is 30.1 Å². The molecule has 0 spiro atoms. The summed E-state index contributed by atoms with van der Waals surface area (Å²) in [5.74, 6) is -0.274. The minimum atomic E-state index is -4.31. The summed E-state index contributed by atoms with van der Waals surface area (Å²) < 4.78 is 31.9. The fraction of sp³-hybridized carbons (Fsp3) is 0.154. The maximum absolute atomic E-state index is 13.4. The molecule has 35 heavy (non-hydrogen) atoms. The Kier molecular flexibility index (Phi) is 5.79. The summed E-state index contributed by atoms with van der Waals surface area (Å²) in [6.45, 7) is 3.80. The van der Waals surface area contributed by atoms with Crippen molar-refractivity contribution in [2.24, 2.45) is 5.10 Å². The van der Waals surface area contributed by atoms with Crippen LogP contribution in [-0.4, -0.2) is 31.6 Å². The number of hydrogen-bond donors (Lipinski definition) is 1. The van der Waals surface area contributed by atoms with Crippen LogP contribution in [0.5, 0.6) is 0 Å². The van der Waals surface area contributed by atoms with E-state index >= 15 is 0 Å². The van der Waals surface area contributed by atoms with Crippen molar-refractivity contribution in [2.75, 3.05) is 17.0 Å². The number of anilines is 2. The Hall–Kier alpha value is -3.40. The average Bonchev–Trinajstić information content (AvgIpc) is 3.32. The normalized spacial score (nSPS) is 18.5. The van der Waals surface area contributed by atoms with Gasteiger partial charge >= 0.3 is 0 Å². The molecular weight excluding hydrogens is 482 g/mol. The van der Waals surface area contributed by atoms with Crippen molar-refractivity contribution < 1.29 is 17.8 Å². The van der Waals surface area contributed by atoms with Crippen molar-refractivity contribution in [3.05, 3.63) is 82.9 Å². The fourth-order valence-electron chi connectivity index (χ4n) is 4.39. The molecule has 2 heterocycles. The standard InChI is InChI=1S/C26H23N3O4S2/c1-4-17(15-23-28(3)25-21-8-6-5-7-18(21)9-14-22(25)34-23)24-16(2)27-29(26(24)30)19-10-12-20(13-11-19)35(31,32)33/h5-15H,4H2,1-3H3,(H,31,32,33)/b23-15-,24-17+. The van der Waals surface area contributed by atoms with Crippen LogP contribution in [0.1, 0.15) is 20.3 Å². The average molecular weight is 506 g/mol. The highest BCUT2D eigenvalue weighted by molar-refractivity contribution is 8.03. The lowest BCUT2D eigenvalue weighted by molar-refractivity contribution is -0.114. The summed E-state index contributed by atoms with van der Waals surface area (Å²) in [5, 5.41) is 9.09. The van der Waals surface area contributed by atoms with Gasteiger partial charge in [-0.05, 0) is 60.7 Å². The summed E-state index contributed by atoms with van der Waals surface area (Å²) in [6, 6.07) is 17.9. The van der Waals surface area contributed by atoms with Gasteiger partial charge in [-0.15, -0.1) is 0 Å². The molecule has 0 bridgehead atoms. The number of hydrazone groups is 1. The second-order valence-corrected chi connectivity index (χ2v) is 10.8. The number of rotatable bonds is 4. The lowest BCUT2D eigenvalue weighted by atomic mass is 10.0. The first kappa shape index (κ1) is 23.3. The van der Waals surface area contributed by atoms with Crippen LogP contribution >= 0.6 is 11.8 Å². The molecule has 0 saturated heterocycles. The van der Waals surface area contributed by atoms with Crippen LogP contribution in [-0.2, 0) is 14.9 Å². The summed E-state index contributed by atoms with van der Waals surface area (Å²) >= 11 is 1.67. The van der Waals surface area contributed by atoms with Gasteiger partial charge < -0.3 is 4.90 Å². The van der Waals surface area contributed by atoms with E-state index in [9.17, 15) is 17.8 Å². The van der Waals surface area contributed by atoms with Crippen LogP contribution in [0.2, 0.25) is 0 Å². The van der Waals surface area contributed by atoms with Gasteiger partial charge in [-0.3, -0.25) is 9.35 Å². The van der Waals surface area contributed by atoms with E-state index in [2.05, 4.69) is 40.3 Å². The van der Waals surface area contributed by atoms with Crippen molar-refractivity contribution >= 4 is 55.6 Å². The third-order valence-corrected chi connectivity index (χ3v) is 8.16. The highest BCUT2D eigenvalue weighted by atomic mass is 32.2. The lowest BCUT2D eigenvalue weighted by Crippen LogP contribution is -2.22. The third-order valence-electron chi connectivity index (χ3n) is 6.14. The van der Waals surface area contributed by atoms with Crippen molar-refractivity contribution in [3.63, 3.8) is 0 Å². The first-order valence-corrected chi connectivity index (χ1v) is 13.3. The monoisotopic (exact) mass is 505 g/mol. The molecule has 0 aromatic heterocycles. The number of benzene rings is 3. The van der Waals surface area contributed by atoms with Crippen LogP contribution in [0, 0.1) is 0 Å². The van der Waals surface area contributed by atoms with Gasteiger partial charge in [-0.2, -0.15) is 18.5 Å².